The molecule has 2 N–H and O–H groups in total. The maximum Gasteiger partial charge on any atom is 0.337 e. The van der Waals surface area contributed by atoms with Crippen molar-refractivity contribution < 1.29 is 19.1 Å². The van der Waals surface area contributed by atoms with E-state index in [2.05, 4.69) is 10.6 Å². The lowest BCUT2D eigenvalue weighted by molar-refractivity contribution is -0.136. The number of urea groups is 1. The van der Waals surface area contributed by atoms with Crippen LogP contribution >= 0.6 is 11.6 Å². The summed E-state index contributed by atoms with van der Waals surface area (Å²) >= 11 is 5.89. The zero-order chi connectivity index (χ0) is 20.8. The summed E-state index contributed by atoms with van der Waals surface area (Å²) in [5, 5.41) is 6.22. The first kappa shape index (κ1) is 20.7. The van der Waals surface area contributed by atoms with Gasteiger partial charge in [0.25, 0.3) is 0 Å². The normalized spacial score (nSPS) is 16.1. The Hall–Kier alpha value is -2.99. The van der Waals surface area contributed by atoms with Gasteiger partial charge in [0.15, 0.2) is 0 Å². The monoisotopic (exact) mass is 414 g/mol. The molecule has 7 heteroatoms. The van der Waals surface area contributed by atoms with Gasteiger partial charge in [-0.25, -0.2) is 9.59 Å². The van der Waals surface area contributed by atoms with E-state index in [0.29, 0.717) is 35.1 Å². The molecule has 1 atom stereocenters. The van der Waals surface area contributed by atoms with Crippen LogP contribution in [0.15, 0.2) is 59.8 Å². The maximum absolute atomic E-state index is 12.4. The Morgan fingerprint density at radius 3 is 2.41 bits per heavy atom. The molecule has 0 spiro atoms. The Bertz CT molecular complexity index is 907. The number of rotatable bonds is 7. The molecule has 0 bridgehead atoms. The SMILES string of the molecule is CCCC1=C(C(=O)OC)C(c2ccc(OCc3ccc(Cl)cc3)cc2)NC(=O)N1. The van der Waals surface area contributed by atoms with Crippen LogP contribution in [0.2, 0.25) is 5.02 Å². The summed E-state index contributed by atoms with van der Waals surface area (Å²) in [5.74, 6) is 0.218. The highest BCUT2D eigenvalue weighted by atomic mass is 35.5. The standard InChI is InChI=1S/C22H23ClN2O4/c1-3-4-18-19(21(26)28-2)20(25-22(27)24-18)15-7-11-17(12-8-15)29-13-14-5-9-16(23)10-6-14/h5-12,20H,3-4,13H2,1-2H3,(H2,24,25,27). The van der Waals surface area contributed by atoms with E-state index < -0.39 is 12.0 Å². The number of ether oxygens (including phenoxy) is 2. The van der Waals surface area contributed by atoms with Gasteiger partial charge in [-0.1, -0.05) is 49.2 Å². The summed E-state index contributed by atoms with van der Waals surface area (Å²) < 4.78 is 10.8. The van der Waals surface area contributed by atoms with Crippen molar-refractivity contribution in [2.24, 2.45) is 0 Å². The highest BCUT2D eigenvalue weighted by Crippen LogP contribution is 2.30. The van der Waals surface area contributed by atoms with E-state index in [0.717, 1.165) is 17.5 Å². The van der Waals surface area contributed by atoms with E-state index in [1.165, 1.54) is 7.11 Å². The summed E-state index contributed by atoms with van der Waals surface area (Å²) in [6, 6.07) is 13.8. The van der Waals surface area contributed by atoms with Crippen LogP contribution in [0, 0.1) is 0 Å². The van der Waals surface area contributed by atoms with Gasteiger partial charge in [-0.3, -0.25) is 0 Å². The van der Waals surface area contributed by atoms with Crippen LogP contribution in [0.5, 0.6) is 5.75 Å². The Morgan fingerprint density at radius 2 is 1.79 bits per heavy atom. The van der Waals surface area contributed by atoms with Crippen molar-refractivity contribution in [1.29, 1.82) is 0 Å². The number of methoxy groups -OCH3 is 1. The van der Waals surface area contributed by atoms with Crippen molar-refractivity contribution >= 4 is 23.6 Å². The zero-order valence-electron chi connectivity index (χ0n) is 16.3. The first-order valence-electron chi connectivity index (χ1n) is 9.38. The lowest BCUT2D eigenvalue weighted by Gasteiger charge is -2.29. The molecule has 1 unspecified atom stereocenters. The number of halogens is 1. The molecule has 0 aliphatic carbocycles. The second-order valence-corrected chi connectivity index (χ2v) is 7.09. The van der Waals surface area contributed by atoms with Gasteiger partial charge in [0.05, 0.1) is 18.7 Å². The fraction of sp³-hybridized carbons (Fsp3) is 0.273. The first-order chi connectivity index (χ1) is 14.0. The molecule has 1 aliphatic heterocycles. The average molecular weight is 415 g/mol. The van der Waals surface area contributed by atoms with Crippen LogP contribution in [0.25, 0.3) is 0 Å². The molecule has 1 heterocycles. The third-order valence-electron chi connectivity index (χ3n) is 4.59. The van der Waals surface area contributed by atoms with Gasteiger partial charge in [-0.05, 0) is 41.8 Å². The highest BCUT2D eigenvalue weighted by molar-refractivity contribution is 6.30. The molecule has 0 aromatic heterocycles. The van der Waals surface area contributed by atoms with Crippen LogP contribution in [-0.4, -0.2) is 19.1 Å². The number of nitrogens with one attached hydrogen (secondary N) is 2. The van der Waals surface area contributed by atoms with Crippen molar-refractivity contribution in [2.45, 2.75) is 32.4 Å². The minimum atomic E-state index is -0.580. The number of carbonyl (C=O) groups excluding carboxylic acids is 2. The van der Waals surface area contributed by atoms with E-state index in [-0.39, 0.29) is 6.03 Å². The topological polar surface area (TPSA) is 76.7 Å². The van der Waals surface area contributed by atoms with Gasteiger partial charge in [0.1, 0.15) is 12.4 Å². The van der Waals surface area contributed by atoms with Gasteiger partial charge >= 0.3 is 12.0 Å². The number of esters is 1. The van der Waals surface area contributed by atoms with Crippen molar-refractivity contribution in [1.82, 2.24) is 10.6 Å². The molecule has 1 aliphatic rings. The van der Waals surface area contributed by atoms with Gasteiger partial charge in [-0.15, -0.1) is 0 Å². The van der Waals surface area contributed by atoms with E-state index in [4.69, 9.17) is 21.1 Å². The molecule has 2 aromatic carbocycles. The van der Waals surface area contributed by atoms with Crippen molar-refractivity contribution in [3.8, 4) is 5.75 Å². The van der Waals surface area contributed by atoms with Crippen molar-refractivity contribution in [3.63, 3.8) is 0 Å². The predicted molar refractivity (Wildman–Crippen MR) is 111 cm³/mol. The van der Waals surface area contributed by atoms with Crippen LogP contribution in [0.1, 0.15) is 36.9 Å². The van der Waals surface area contributed by atoms with Gasteiger partial charge < -0.3 is 20.1 Å². The Kier molecular flexibility index (Phi) is 6.77. The number of benzene rings is 2. The predicted octanol–water partition coefficient (Wildman–Crippen LogP) is 4.50. The molecule has 29 heavy (non-hydrogen) atoms. The van der Waals surface area contributed by atoms with Crippen molar-refractivity contribution in [2.75, 3.05) is 7.11 Å². The number of amides is 2. The fourth-order valence-corrected chi connectivity index (χ4v) is 3.30. The Morgan fingerprint density at radius 1 is 1.10 bits per heavy atom. The fourth-order valence-electron chi connectivity index (χ4n) is 3.17. The summed E-state index contributed by atoms with van der Waals surface area (Å²) in [5.41, 5.74) is 2.79. The van der Waals surface area contributed by atoms with Crippen LogP contribution in [0.3, 0.4) is 0 Å². The molecule has 0 radical (unpaired) electrons. The lowest BCUT2D eigenvalue weighted by atomic mass is 9.94. The van der Waals surface area contributed by atoms with E-state index in [1.54, 1.807) is 0 Å². The summed E-state index contributed by atoms with van der Waals surface area (Å²) in [7, 11) is 1.33. The Balaban J connectivity index is 1.79. The van der Waals surface area contributed by atoms with Gasteiger partial charge in [0, 0.05) is 10.7 Å². The highest BCUT2D eigenvalue weighted by Gasteiger charge is 2.32. The molecule has 2 aromatic rings. The van der Waals surface area contributed by atoms with Crippen LogP contribution in [0.4, 0.5) is 4.79 Å². The summed E-state index contributed by atoms with van der Waals surface area (Å²) in [6.07, 6.45) is 1.37. The third kappa shape index (κ3) is 5.09. The summed E-state index contributed by atoms with van der Waals surface area (Å²) in [4.78, 5) is 24.5. The molecular formula is C22H23ClN2O4. The summed E-state index contributed by atoms with van der Waals surface area (Å²) in [6.45, 7) is 2.40. The number of hydrogen-bond acceptors (Lipinski definition) is 4. The van der Waals surface area contributed by atoms with Gasteiger partial charge in [0.2, 0.25) is 0 Å². The van der Waals surface area contributed by atoms with Crippen LogP contribution < -0.4 is 15.4 Å². The van der Waals surface area contributed by atoms with Crippen LogP contribution in [-0.2, 0) is 16.1 Å². The second-order valence-electron chi connectivity index (χ2n) is 6.65. The smallest absolute Gasteiger partial charge is 0.337 e. The quantitative estimate of drug-likeness (QED) is 0.654. The molecule has 6 nitrogen and oxygen atoms in total. The minimum absolute atomic E-state index is 0.339. The largest absolute Gasteiger partial charge is 0.489 e. The van der Waals surface area contributed by atoms with E-state index >= 15 is 0 Å². The Labute approximate surface area is 174 Å². The van der Waals surface area contributed by atoms with Crippen molar-refractivity contribution in [3.05, 3.63) is 76.0 Å². The minimum Gasteiger partial charge on any atom is -0.489 e. The molecule has 2 amide bonds. The number of carbonyl (C=O) groups is 2. The van der Waals surface area contributed by atoms with E-state index in [1.807, 2.05) is 55.5 Å². The molecule has 0 saturated heterocycles. The average Bonchev–Trinajstić information content (AvgIpc) is 2.73. The molecule has 0 saturated carbocycles. The third-order valence-corrected chi connectivity index (χ3v) is 4.84. The maximum atomic E-state index is 12.4. The molecular weight excluding hydrogens is 392 g/mol. The first-order valence-corrected chi connectivity index (χ1v) is 9.75. The molecule has 3 rings (SSSR count). The lowest BCUT2D eigenvalue weighted by Crippen LogP contribution is -2.45. The second kappa shape index (κ2) is 9.47. The number of hydrogen-bond donors (Lipinski definition) is 2. The van der Waals surface area contributed by atoms with Gasteiger partial charge in [-0.2, -0.15) is 0 Å². The van der Waals surface area contributed by atoms with E-state index in [9.17, 15) is 9.59 Å². The molecule has 152 valence electrons. The molecule has 0 fully saturated rings. The number of allylic oxidation sites excluding steroid dienone is 1. The zero-order valence-corrected chi connectivity index (χ0v) is 17.1.